The Morgan fingerprint density at radius 1 is 1.00 bits per heavy atom. The van der Waals surface area contributed by atoms with Gasteiger partial charge in [-0.05, 0) is 143 Å². The first kappa shape index (κ1) is 47.9. The summed E-state index contributed by atoms with van der Waals surface area (Å²) in [5, 5.41) is 22.2. The third-order valence-electron chi connectivity index (χ3n) is 12.3. The van der Waals surface area contributed by atoms with E-state index in [4.69, 9.17) is 9.47 Å². The number of H-pyrrole nitrogens is 2. The molecular formula is C49H58BF2N7O6S. The number of rotatable bonds is 22. The summed E-state index contributed by atoms with van der Waals surface area (Å²) < 4.78 is 40.5. The first-order valence-electron chi connectivity index (χ1n) is 22.5. The maximum absolute atomic E-state index is 14.0. The summed E-state index contributed by atoms with van der Waals surface area (Å²) in [5.74, 6) is 1.20. The number of allylic oxidation sites excluding steroid dienone is 3. The fourth-order valence-corrected chi connectivity index (χ4v) is 9.20. The summed E-state index contributed by atoms with van der Waals surface area (Å²) in [5.41, 5.74) is 3.45. The molecule has 0 spiro atoms. The largest absolute Gasteiger partial charge is 0.678 e. The monoisotopic (exact) mass is 921 g/mol. The lowest BCUT2D eigenvalue weighted by molar-refractivity contribution is -0.124. The molecule has 0 unspecified atom stereocenters. The standard InChI is InChI=1S/C49H58BF2N7O6S/c1-48(2,34-23-25-49(3,26-24-34)54-30-38(60)31-65-42-10-7-9-40-46(42)57-47(63)56-40)58-44(61)12-5-4-6-27-53-45(62)32-64-39-20-14-33(15-21-39)13-16-35-17-18-36(55-35)29-37-19-22-41(59(37)50(51)52)43-11-8-28-66-43/h7-11,13-22,28-29,34,38,54,60H,4-6,12,23-27,30-32H2,1-3H3,(H,53,62)(H,58,61)(H2,56,57,63)/b16-13+,36-29-/t34?,38-,49?/m0/s1. The molecule has 1 aliphatic carbocycles. The van der Waals surface area contributed by atoms with E-state index >= 15 is 0 Å². The third kappa shape index (κ3) is 13.1. The lowest BCUT2D eigenvalue weighted by Gasteiger charge is -2.44. The van der Waals surface area contributed by atoms with E-state index < -0.39 is 13.5 Å². The number of nitrogens with zero attached hydrogens (tertiary/aromatic N) is 2. The molecule has 17 heteroatoms. The number of halogens is 2. The Morgan fingerprint density at radius 3 is 2.56 bits per heavy atom. The first-order valence-corrected chi connectivity index (χ1v) is 23.4. The van der Waals surface area contributed by atoms with Gasteiger partial charge in [0.15, 0.2) is 6.61 Å². The number of fused-ring (bicyclic) bond motifs is 1. The molecule has 0 bridgehead atoms. The normalized spacial score (nSPS) is 18.5. The van der Waals surface area contributed by atoms with Crippen LogP contribution in [0.25, 0.3) is 33.8 Å². The molecule has 6 N–H and O–H groups in total. The van der Waals surface area contributed by atoms with Crippen LogP contribution in [-0.2, 0) is 9.59 Å². The molecule has 66 heavy (non-hydrogen) atoms. The number of amides is 2. The van der Waals surface area contributed by atoms with Crippen molar-refractivity contribution < 1.29 is 32.8 Å². The number of aromatic nitrogens is 3. The number of unbranched alkanes of at least 4 members (excludes halogenated alkanes) is 2. The average molecular weight is 922 g/mol. The summed E-state index contributed by atoms with van der Waals surface area (Å²) in [6.45, 7) is 7.21. The Morgan fingerprint density at radius 2 is 1.80 bits per heavy atom. The topological polar surface area (TPSA) is 175 Å². The number of β-amino-alcohol motifs (C(OH)–C–C–N with tert-alkyl or cyclic N) is 1. The van der Waals surface area contributed by atoms with Crippen LogP contribution >= 0.6 is 11.3 Å². The van der Waals surface area contributed by atoms with Gasteiger partial charge in [0.05, 0.1) is 22.6 Å². The molecule has 4 heterocycles. The lowest BCUT2D eigenvalue weighted by Crippen LogP contribution is -2.54. The highest BCUT2D eigenvalue weighted by molar-refractivity contribution is 7.13. The number of hydrogen-bond acceptors (Lipinski definition) is 9. The highest BCUT2D eigenvalue weighted by Crippen LogP contribution is 2.38. The van der Waals surface area contributed by atoms with E-state index in [-0.39, 0.29) is 41.8 Å². The Bertz CT molecular complexity index is 2610. The van der Waals surface area contributed by atoms with E-state index in [2.05, 4.69) is 51.7 Å². The summed E-state index contributed by atoms with van der Waals surface area (Å²) in [7, 11) is -2.68. The molecule has 0 radical (unpaired) electrons. The average Bonchev–Trinajstić information content (AvgIpc) is 4.13. The molecule has 13 nitrogen and oxygen atoms in total. The number of imidazole rings is 1. The van der Waals surface area contributed by atoms with Gasteiger partial charge in [-0.25, -0.2) is 9.79 Å². The number of benzene rings is 2. The third-order valence-corrected chi connectivity index (χ3v) is 13.2. The zero-order valence-electron chi connectivity index (χ0n) is 37.6. The van der Waals surface area contributed by atoms with Crippen LogP contribution in [0.5, 0.6) is 11.5 Å². The molecule has 2 amide bonds. The van der Waals surface area contributed by atoms with Crippen molar-refractivity contribution in [2.75, 3.05) is 26.3 Å². The van der Waals surface area contributed by atoms with Crippen molar-refractivity contribution in [3.8, 4) is 22.1 Å². The highest BCUT2D eigenvalue weighted by atomic mass is 32.1. The van der Waals surface area contributed by atoms with E-state index in [0.717, 1.165) is 59.9 Å². The predicted molar refractivity (Wildman–Crippen MR) is 259 cm³/mol. The van der Waals surface area contributed by atoms with Crippen LogP contribution in [0.15, 0.2) is 106 Å². The summed E-state index contributed by atoms with van der Waals surface area (Å²) in [4.78, 5) is 47.8. The molecule has 5 aromatic rings. The van der Waals surface area contributed by atoms with Gasteiger partial charge in [-0.15, -0.1) is 11.3 Å². The second kappa shape index (κ2) is 22.0. The van der Waals surface area contributed by atoms with Gasteiger partial charge in [-0.2, -0.15) is 0 Å². The number of aliphatic hydroxyl groups excluding tert-OH is 1. The molecule has 1 aliphatic heterocycles. The van der Waals surface area contributed by atoms with E-state index in [1.165, 1.54) is 11.3 Å². The molecular weight excluding hydrogens is 863 g/mol. The molecule has 1 fully saturated rings. The number of hydrogen-bond donors (Lipinski definition) is 6. The summed E-state index contributed by atoms with van der Waals surface area (Å²) in [6.07, 6.45) is 14.7. The molecule has 1 saturated carbocycles. The minimum Gasteiger partial charge on any atom is -0.489 e. The summed E-state index contributed by atoms with van der Waals surface area (Å²) in [6, 6.07) is 19.7. The van der Waals surface area contributed by atoms with E-state index in [0.29, 0.717) is 70.8 Å². The van der Waals surface area contributed by atoms with Crippen molar-refractivity contribution in [2.24, 2.45) is 10.9 Å². The highest BCUT2D eigenvalue weighted by Gasteiger charge is 2.38. The van der Waals surface area contributed by atoms with Crippen molar-refractivity contribution in [1.29, 1.82) is 0 Å². The fourth-order valence-electron chi connectivity index (χ4n) is 8.45. The number of aromatic amines is 2. The van der Waals surface area contributed by atoms with Crippen LogP contribution < -0.4 is 31.1 Å². The van der Waals surface area contributed by atoms with Crippen molar-refractivity contribution in [3.63, 3.8) is 0 Å². The number of aliphatic imine (C=N–C) groups is 1. The van der Waals surface area contributed by atoms with Crippen LogP contribution in [0.1, 0.15) is 83.4 Å². The zero-order chi connectivity index (χ0) is 46.7. The fraction of sp³-hybridized carbons (Fsp3) is 0.388. The van der Waals surface area contributed by atoms with E-state index in [1.807, 2.05) is 47.9 Å². The first-order chi connectivity index (χ1) is 31.7. The number of para-hydroxylation sites is 1. The molecule has 0 saturated heterocycles. The smallest absolute Gasteiger partial charge is 0.489 e. The predicted octanol–water partition coefficient (Wildman–Crippen LogP) is 8.15. The van der Waals surface area contributed by atoms with Gasteiger partial charge in [0.2, 0.25) is 5.91 Å². The quantitative estimate of drug-likeness (QED) is 0.0300. The van der Waals surface area contributed by atoms with Crippen LogP contribution in [-0.4, -0.2) is 88.0 Å². The van der Waals surface area contributed by atoms with E-state index in [9.17, 15) is 28.1 Å². The maximum Gasteiger partial charge on any atom is 0.678 e. The molecule has 3 aromatic heterocycles. The second-order valence-corrected chi connectivity index (χ2v) is 18.7. The lowest BCUT2D eigenvalue weighted by atomic mass is 9.70. The van der Waals surface area contributed by atoms with Crippen molar-refractivity contribution >= 4 is 59.5 Å². The SMILES string of the molecule is CC1(NC[C@H](O)COc2cccc3[nH]c(=O)[nH]c23)CCC(C(C)(C)NC(=O)CCCCCNC(=O)COc2ccc(/C=C/C3=NC(=C\c4ccc(-c5cccs5)n4B(F)F)/C=C3)cc2)CC1. The van der Waals surface area contributed by atoms with Gasteiger partial charge in [0.1, 0.15) is 29.7 Å². The van der Waals surface area contributed by atoms with Gasteiger partial charge in [0, 0.05) is 41.2 Å². The number of aliphatic hydroxyl groups is 1. The Labute approximate surface area is 387 Å². The van der Waals surface area contributed by atoms with Crippen molar-refractivity contribution in [1.82, 2.24) is 30.4 Å². The number of carbonyl (C=O) groups excluding carboxylic acids is 2. The number of nitrogens with one attached hydrogen (secondary N) is 5. The van der Waals surface area contributed by atoms with Crippen LogP contribution in [0.4, 0.5) is 8.63 Å². The van der Waals surface area contributed by atoms with Crippen molar-refractivity contribution in [3.05, 3.63) is 118 Å². The van der Waals surface area contributed by atoms with Crippen LogP contribution in [0, 0.1) is 5.92 Å². The molecule has 2 aromatic carbocycles. The Hall–Kier alpha value is -6.04. The minimum absolute atomic E-state index is 0.0310. The van der Waals surface area contributed by atoms with Gasteiger partial charge < -0.3 is 45.0 Å². The molecule has 7 rings (SSSR count). The maximum atomic E-state index is 14.0. The van der Waals surface area contributed by atoms with Gasteiger partial charge in [-0.3, -0.25) is 18.2 Å². The van der Waals surface area contributed by atoms with Crippen LogP contribution in [0.3, 0.4) is 0 Å². The number of thiophene rings is 1. The molecule has 2 aliphatic rings. The molecule has 1 atom stereocenters. The van der Waals surface area contributed by atoms with Gasteiger partial charge in [-0.1, -0.05) is 36.8 Å². The Kier molecular flexibility index (Phi) is 15.9. The number of carbonyl (C=O) groups is 2. The second-order valence-electron chi connectivity index (χ2n) is 17.8. The van der Waals surface area contributed by atoms with E-state index in [1.54, 1.807) is 54.6 Å². The zero-order valence-corrected chi connectivity index (χ0v) is 38.4. The molecule has 348 valence electrons. The van der Waals surface area contributed by atoms with Crippen molar-refractivity contribution in [2.45, 2.75) is 89.3 Å². The minimum atomic E-state index is -2.68. The Balaban J connectivity index is 0.733. The van der Waals surface area contributed by atoms with Gasteiger partial charge in [0.25, 0.3) is 5.91 Å². The van der Waals surface area contributed by atoms with Gasteiger partial charge >= 0.3 is 13.1 Å². The number of ether oxygens (including phenoxy) is 2. The van der Waals surface area contributed by atoms with Crippen LogP contribution in [0.2, 0.25) is 0 Å². The summed E-state index contributed by atoms with van der Waals surface area (Å²) >= 11 is 1.41.